The maximum absolute atomic E-state index is 11.6. The van der Waals surface area contributed by atoms with E-state index in [9.17, 15) is 13.2 Å². The van der Waals surface area contributed by atoms with Gasteiger partial charge >= 0.3 is 0 Å². The van der Waals surface area contributed by atoms with Gasteiger partial charge in [-0.15, -0.1) is 11.3 Å². The fourth-order valence-electron chi connectivity index (χ4n) is 1.25. The zero-order chi connectivity index (χ0) is 13.2. The van der Waals surface area contributed by atoms with Crippen LogP contribution in [0.25, 0.3) is 0 Å². The van der Waals surface area contributed by atoms with Gasteiger partial charge in [-0.3, -0.25) is 9.89 Å². The second-order valence-electron chi connectivity index (χ2n) is 3.44. The molecule has 4 N–H and O–H groups in total. The molecule has 0 aromatic carbocycles. The summed E-state index contributed by atoms with van der Waals surface area (Å²) in [6, 6.07) is 3.03. The van der Waals surface area contributed by atoms with Gasteiger partial charge in [0.15, 0.2) is 0 Å². The first-order valence-electron chi connectivity index (χ1n) is 4.85. The van der Waals surface area contributed by atoms with Gasteiger partial charge in [0.1, 0.15) is 4.21 Å². The van der Waals surface area contributed by atoms with Crippen LogP contribution in [0.5, 0.6) is 0 Å². The molecule has 0 saturated heterocycles. The summed E-state index contributed by atoms with van der Waals surface area (Å²) in [6.07, 6.45) is 2.87. The highest BCUT2D eigenvalue weighted by molar-refractivity contribution is 7.91. The lowest BCUT2D eigenvalue weighted by Crippen LogP contribution is -2.21. The Morgan fingerprint density at radius 2 is 2.28 bits per heavy atom. The van der Waals surface area contributed by atoms with Crippen LogP contribution in [0.15, 0.2) is 28.7 Å². The summed E-state index contributed by atoms with van der Waals surface area (Å²) in [4.78, 5) is 12.3. The summed E-state index contributed by atoms with van der Waals surface area (Å²) < 4.78 is 22.2. The van der Waals surface area contributed by atoms with Gasteiger partial charge in [-0.2, -0.15) is 5.10 Å². The molecule has 0 spiro atoms. The molecular formula is C9H10N4O3S2. The molecule has 9 heteroatoms. The van der Waals surface area contributed by atoms with Gasteiger partial charge in [0.2, 0.25) is 10.0 Å². The van der Waals surface area contributed by atoms with Gasteiger partial charge in [0, 0.05) is 11.1 Å². The Morgan fingerprint density at radius 1 is 1.50 bits per heavy atom. The third kappa shape index (κ3) is 2.94. The third-order valence-electron chi connectivity index (χ3n) is 2.10. The Balaban J connectivity index is 1.99. The van der Waals surface area contributed by atoms with E-state index in [1.807, 2.05) is 0 Å². The van der Waals surface area contributed by atoms with Crippen molar-refractivity contribution < 1.29 is 13.2 Å². The lowest BCUT2D eigenvalue weighted by atomic mass is 10.3. The highest BCUT2D eigenvalue weighted by Gasteiger charge is 2.12. The molecular weight excluding hydrogens is 276 g/mol. The molecule has 0 atom stereocenters. The van der Waals surface area contributed by atoms with Gasteiger partial charge < -0.3 is 5.32 Å². The maximum atomic E-state index is 11.6. The predicted octanol–water partition coefficient (Wildman–Crippen LogP) is 0.0486. The summed E-state index contributed by atoms with van der Waals surface area (Å²) in [5, 5.41) is 13.8. The molecule has 0 aliphatic rings. The maximum Gasteiger partial charge on any atom is 0.254 e. The number of primary sulfonamides is 1. The number of nitrogens with zero attached hydrogens (tertiary/aromatic N) is 1. The van der Waals surface area contributed by atoms with E-state index < -0.39 is 10.0 Å². The average Bonchev–Trinajstić information content (AvgIpc) is 2.96. The number of amides is 1. The van der Waals surface area contributed by atoms with Crippen LogP contribution in [0.2, 0.25) is 0 Å². The van der Waals surface area contributed by atoms with Crippen molar-refractivity contribution in [3.05, 3.63) is 35.0 Å². The number of aromatic amines is 1. The lowest BCUT2D eigenvalue weighted by Gasteiger charge is -2.00. The standard InChI is InChI=1S/C9H10N4O3S2/c10-18(15,16)8-2-1-7(17-8)5-11-9(14)6-3-12-13-4-6/h1-4H,5H2,(H,11,14)(H,12,13)(H2,10,15,16). The van der Waals surface area contributed by atoms with Crippen LogP contribution < -0.4 is 10.5 Å². The van der Waals surface area contributed by atoms with Gasteiger partial charge in [-0.25, -0.2) is 13.6 Å². The Morgan fingerprint density at radius 3 is 2.83 bits per heavy atom. The Kier molecular flexibility index (Phi) is 3.45. The molecule has 18 heavy (non-hydrogen) atoms. The topological polar surface area (TPSA) is 118 Å². The van der Waals surface area contributed by atoms with Gasteiger partial charge in [-0.1, -0.05) is 0 Å². The number of rotatable bonds is 4. The van der Waals surface area contributed by atoms with Crippen molar-refractivity contribution in [2.45, 2.75) is 10.8 Å². The zero-order valence-electron chi connectivity index (χ0n) is 9.08. The van der Waals surface area contributed by atoms with E-state index in [0.717, 1.165) is 11.3 Å². The Hall–Kier alpha value is -1.71. The van der Waals surface area contributed by atoms with Crippen LogP contribution >= 0.6 is 11.3 Å². The van der Waals surface area contributed by atoms with Crippen molar-refractivity contribution in [1.29, 1.82) is 0 Å². The van der Waals surface area contributed by atoms with E-state index >= 15 is 0 Å². The number of hydrogen-bond donors (Lipinski definition) is 3. The molecule has 2 aromatic heterocycles. The molecule has 7 nitrogen and oxygen atoms in total. The molecule has 0 unspecified atom stereocenters. The van der Waals surface area contributed by atoms with Crippen LogP contribution in [0, 0.1) is 0 Å². The second kappa shape index (κ2) is 4.88. The predicted molar refractivity (Wildman–Crippen MR) is 65.5 cm³/mol. The van der Waals surface area contributed by atoms with Crippen molar-refractivity contribution in [2.24, 2.45) is 5.14 Å². The number of hydrogen-bond acceptors (Lipinski definition) is 5. The van der Waals surface area contributed by atoms with Crippen molar-refractivity contribution >= 4 is 27.3 Å². The average molecular weight is 286 g/mol. The summed E-state index contributed by atoms with van der Waals surface area (Å²) in [7, 11) is -3.67. The van der Waals surface area contributed by atoms with E-state index in [2.05, 4.69) is 15.5 Å². The largest absolute Gasteiger partial charge is 0.347 e. The summed E-state index contributed by atoms with van der Waals surface area (Å²) in [6.45, 7) is 0.240. The molecule has 0 aliphatic carbocycles. The van der Waals surface area contributed by atoms with Crippen molar-refractivity contribution in [3.8, 4) is 0 Å². The van der Waals surface area contributed by atoms with E-state index in [1.54, 1.807) is 6.07 Å². The number of thiophene rings is 1. The van der Waals surface area contributed by atoms with E-state index in [0.29, 0.717) is 10.4 Å². The minimum Gasteiger partial charge on any atom is -0.347 e. The quantitative estimate of drug-likeness (QED) is 0.735. The third-order valence-corrected chi connectivity index (χ3v) is 4.62. The van der Waals surface area contributed by atoms with Crippen LogP contribution in [0.3, 0.4) is 0 Å². The highest BCUT2D eigenvalue weighted by atomic mass is 32.2. The lowest BCUT2D eigenvalue weighted by molar-refractivity contribution is 0.0951. The van der Waals surface area contributed by atoms with Crippen LogP contribution in [0.4, 0.5) is 0 Å². The number of nitrogens with two attached hydrogens (primary N) is 1. The highest BCUT2D eigenvalue weighted by Crippen LogP contribution is 2.19. The second-order valence-corrected chi connectivity index (χ2v) is 6.39. The first-order chi connectivity index (χ1) is 8.47. The summed E-state index contributed by atoms with van der Waals surface area (Å²) in [5.74, 6) is -0.283. The number of carbonyl (C=O) groups is 1. The van der Waals surface area contributed by atoms with Gasteiger partial charge in [0.05, 0.1) is 18.3 Å². The number of H-pyrrole nitrogens is 1. The molecule has 2 aromatic rings. The molecule has 2 heterocycles. The van der Waals surface area contributed by atoms with E-state index in [-0.39, 0.29) is 16.7 Å². The summed E-state index contributed by atoms with van der Waals surface area (Å²) >= 11 is 1.03. The van der Waals surface area contributed by atoms with Gasteiger partial charge in [0.25, 0.3) is 5.91 Å². The zero-order valence-corrected chi connectivity index (χ0v) is 10.7. The van der Waals surface area contributed by atoms with Crippen LogP contribution in [-0.2, 0) is 16.6 Å². The Bertz CT molecular complexity index is 645. The number of carbonyl (C=O) groups excluding carboxylic acids is 1. The first kappa shape index (κ1) is 12.7. The minimum atomic E-state index is -3.67. The van der Waals surface area contributed by atoms with Crippen molar-refractivity contribution in [2.75, 3.05) is 0 Å². The first-order valence-corrected chi connectivity index (χ1v) is 7.21. The Labute approximate surface area is 107 Å². The molecule has 96 valence electrons. The molecule has 1 amide bonds. The molecule has 0 saturated carbocycles. The number of sulfonamides is 1. The number of nitrogens with one attached hydrogen (secondary N) is 2. The monoisotopic (exact) mass is 286 g/mol. The SMILES string of the molecule is NS(=O)(=O)c1ccc(CNC(=O)c2cn[nH]c2)s1. The molecule has 0 radical (unpaired) electrons. The molecule has 0 fully saturated rings. The van der Waals surface area contributed by atoms with Crippen LogP contribution in [0.1, 0.15) is 15.2 Å². The van der Waals surface area contributed by atoms with Gasteiger partial charge in [-0.05, 0) is 12.1 Å². The fraction of sp³-hybridized carbons (Fsp3) is 0.111. The molecule has 0 aliphatic heterocycles. The summed E-state index contributed by atoms with van der Waals surface area (Å²) in [5.41, 5.74) is 0.415. The minimum absolute atomic E-state index is 0.0788. The van der Waals surface area contributed by atoms with Crippen molar-refractivity contribution in [1.82, 2.24) is 15.5 Å². The van der Waals surface area contributed by atoms with Crippen LogP contribution in [-0.4, -0.2) is 24.5 Å². The van der Waals surface area contributed by atoms with E-state index in [1.165, 1.54) is 18.5 Å². The smallest absolute Gasteiger partial charge is 0.254 e. The van der Waals surface area contributed by atoms with Crippen molar-refractivity contribution in [3.63, 3.8) is 0 Å². The fourth-order valence-corrected chi connectivity index (χ4v) is 2.97. The normalized spacial score (nSPS) is 11.4. The number of aromatic nitrogens is 2. The molecule has 0 bridgehead atoms. The molecule has 2 rings (SSSR count). The van der Waals surface area contributed by atoms with E-state index in [4.69, 9.17) is 5.14 Å².